The summed E-state index contributed by atoms with van der Waals surface area (Å²) >= 11 is 0. The van der Waals surface area contributed by atoms with Crippen LogP contribution in [-0.2, 0) is 14.4 Å². The maximum absolute atomic E-state index is 14.2. The summed E-state index contributed by atoms with van der Waals surface area (Å²) in [5, 5.41) is 23.5. The molecule has 0 aromatic heterocycles. The smallest absolute Gasteiger partial charge is 0.326 e. The van der Waals surface area contributed by atoms with Gasteiger partial charge in [0.05, 0.1) is 11.1 Å². The number of carbonyl (C=O) groups is 5. The lowest BCUT2D eigenvalue weighted by Gasteiger charge is -2.42. The third-order valence-corrected chi connectivity index (χ3v) is 8.16. The number of aliphatic carboxylic acids is 2. The van der Waals surface area contributed by atoms with Crippen molar-refractivity contribution in [2.24, 2.45) is 5.92 Å². The summed E-state index contributed by atoms with van der Waals surface area (Å²) in [6.45, 7) is 3.74. The highest BCUT2D eigenvalue weighted by Crippen LogP contribution is 2.32. The number of hydrogen-bond donors (Lipinski definition) is 4. The lowest BCUT2D eigenvalue weighted by molar-refractivity contribution is -0.143. The zero-order valence-electron chi connectivity index (χ0n) is 24.3. The molecule has 10 nitrogen and oxygen atoms in total. The fraction of sp³-hybridized carbons (Fsp3) is 0.645. The van der Waals surface area contributed by atoms with Crippen molar-refractivity contribution >= 4 is 29.7 Å². The van der Waals surface area contributed by atoms with E-state index in [1.165, 1.54) is 12.8 Å². The maximum Gasteiger partial charge on any atom is 0.326 e. The van der Waals surface area contributed by atoms with Crippen LogP contribution in [0.3, 0.4) is 0 Å². The molecule has 0 radical (unpaired) electrons. The number of nitrogens with zero attached hydrogens (tertiary/aromatic N) is 1. The van der Waals surface area contributed by atoms with Crippen LogP contribution < -0.4 is 10.6 Å². The van der Waals surface area contributed by atoms with E-state index in [9.17, 15) is 29.1 Å². The van der Waals surface area contributed by atoms with Gasteiger partial charge in [0.1, 0.15) is 12.1 Å². The van der Waals surface area contributed by atoms with Gasteiger partial charge in [0.15, 0.2) is 0 Å². The van der Waals surface area contributed by atoms with Gasteiger partial charge in [-0.1, -0.05) is 64.5 Å². The van der Waals surface area contributed by atoms with Crippen LogP contribution in [-0.4, -0.2) is 68.9 Å². The Balaban J connectivity index is 1.83. The fourth-order valence-electron chi connectivity index (χ4n) is 6.09. The summed E-state index contributed by atoms with van der Waals surface area (Å²) in [7, 11) is 0. The maximum atomic E-state index is 14.2. The predicted octanol–water partition coefficient (Wildman–Crippen LogP) is 4.37. The quantitative estimate of drug-likeness (QED) is 0.274. The molecule has 3 amide bonds. The van der Waals surface area contributed by atoms with E-state index in [0.717, 1.165) is 51.4 Å². The molecular weight excluding hydrogens is 526 g/mol. The highest BCUT2D eigenvalue weighted by Gasteiger charge is 2.35. The van der Waals surface area contributed by atoms with Gasteiger partial charge in [0.25, 0.3) is 11.8 Å². The standard InChI is InChI=1S/C31H45N3O7/c1-20(2)19-26(29(38)32-25(31(40)41)17-18-27(35)36)33-28(37)23-15-9-10-16-24(23)30(39)34(21-11-5-3-6-12-21)22-13-7-4-8-14-22/h9-10,15-16,20-22,25-26H,3-8,11-14,17-19H2,1-2H3,(H,32,38)(H,33,37)(H,35,36)(H,40,41). The molecule has 1 aromatic rings. The second kappa shape index (κ2) is 15.5. The number of nitrogens with one attached hydrogen (secondary N) is 2. The number of carbonyl (C=O) groups excluding carboxylic acids is 3. The van der Waals surface area contributed by atoms with Gasteiger partial charge in [-0.05, 0) is 56.6 Å². The van der Waals surface area contributed by atoms with Crippen LogP contribution in [0.1, 0.15) is 118 Å². The van der Waals surface area contributed by atoms with Crippen LogP contribution in [0.4, 0.5) is 0 Å². The van der Waals surface area contributed by atoms with E-state index in [0.29, 0.717) is 5.56 Å². The van der Waals surface area contributed by atoms with E-state index in [1.54, 1.807) is 24.3 Å². The molecule has 0 heterocycles. The highest BCUT2D eigenvalue weighted by molar-refractivity contribution is 6.08. The lowest BCUT2D eigenvalue weighted by Crippen LogP contribution is -2.52. The minimum absolute atomic E-state index is 0.0154. The first-order valence-electron chi connectivity index (χ1n) is 15.1. The number of amides is 3. The average molecular weight is 572 g/mol. The van der Waals surface area contributed by atoms with Crippen LogP contribution in [0.2, 0.25) is 0 Å². The molecule has 2 aliphatic carbocycles. The fourth-order valence-corrected chi connectivity index (χ4v) is 6.09. The van der Waals surface area contributed by atoms with Crippen LogP contribution in [0.5, 0.6) is 0 Å². The Morgan fingerprint density at radius 1 is 0.805 bits per heavy atom. The van der Waals surface area contributed by atoms with Gasteiger partial charge >= 0.3 is 11.9 Å². The molecule has 2 saturated carbocycles. The van der Waals surface area contributed by atoms with Gasteiger partial charge in [0.2, 0.25) is 5.91 Å². The molecule has 41 heavy (non-hydrogen) atoms. The molecule has 2 aliphatic rings. The van der Waals surface area contributed by atoms with Crippen LogP contribution in [0.25, 0.3) is 0 Å². The van der Waals surface area contributed by atoms with Gasteiger partial charge in [-0.3, -0.25) is 19.2 Å². The number of carboxylic acid groups (broad SMARTS) is 2. The first kappa shape index (κ1) is 32.1. The highest BCUT2D eigenvalue weighted by atomic mass is 16.4. The lowest BCUT2D eigenvalue weighted by atomic mass is 9.87. The number of carboxylic acids is 2. The zero-order chi connectivity index (χ0) is 29.9. The zero-order valence-corrected chi connectivity index (χ0v) is 24.3. The first-order valence-corrected chi connectivity index (χ1v) is 15.1. The molecule has 4 N–H and O–H groups in total. The summed E-state index contributed by atoms with van der Waals surface area (Å²) < 4.78 is 0. The van der Waals surface area contributed by atoms with E-state index in [1.807, 2.05) is 18.7 Å². The second-order valence-electron chi connectivity index (χ2n) is 11.8. The van der Waals surface area contributed by atoms with E-state index >= 15 is 0 Å². The van der Waals surface area contributed by atoms with Crippen molar-refractivity contribution in [3.8, 4) is 0 Å². The number of rotatable bonds is 13. The molecule has 10 heteroatoms. The molecule has 0 spiro atoms. The Kier molecular flexibility index (Phi) is 12.2. The van der Waals surface area contributed by atoms with Crippen molar-refractivity contribution in [1.29, 1.82) is 0 Å². The van der Waals surface area contributed by atoms with Crippen molar-refractivity contribution in [3.05, 3.63) is 35.4 Å². The summed E-state index contributed by atoms with van der Waals surface area (Å²) in [6.07, 6.45) is 10.0. The topological polar surface area (TPSA) is 153 Å². The molecule has 2 fully saturated rings. The van der Waals surface area contributed by atoms with Crippen molar-refractivity contribution in [1.82, 2.24) is 15.5 Å². The molecule has 2 unspecified atom stereocenters. The summed E-state index contributed by atoms with van der Waals surface area (Å²) in [5.74, 6) is -3.98. The molecule has 2 atom stereocenters. The molecule has 0 bridgehead atoms. The summed E-state index contributed by atoms with van der Waals surface area (Å²) in [6, 6.07) is 4.49. The van der Waals surface area contributed by atoms with Gasteiger partial charge in [0, 0.05) is 18.5 Å². The minimum atomic E-state index is -1.40. The first-order chi connectivity index (χ1) is 19.6. The molecule has 1 aromatic carbocycles. The monoisotopic (exact) mass is 571 g/mol. The second-order valence-corrected chi connectivity index (χ2v) is 11.8. The van der Waals surface area contributed by atoms with Crippen molar-refractivity contribution < 1.29 is 34.2 Å². The molecule has 0 aliphatic heterocycles. The Morgan fingerprint density at radius 2 is 1.34 bits per heavy atom. The van der Waals surface area contributed by atoms with Gasteiger partial charge < -0.3 is 25.7 Å². The van der Waals surface area contributed by atoms with Crippen molar-refractivity contribution in [2.75, 3.05) is 0 Å². The summed E-state index contributed by atoms with van der Waals surface area (Å²) in [4.78, 5) is 65.5. The third kappa shape index (κ3) is 9.30. The van der Waals surface area contributed by atoms with Crippen LogP contribution in [0, 0.1) is 5.92 Å². The predicted molar refractivity (Wildman–Crippen MR) is 154 cm³/mol. The summed E-state index contributed by atoms with van der Waals surface area (Å²) in [5.41, 5.74) is 0.478. The molecular formula is C31H45N3O7. The molecule has 3 rings (SSSR count). The van der Waals surface area contributed by atoms with Crippen LogP contribution >= 0.6 is 0 Å². The van der Waals surface area contributed by atoms with E-state index < -0.39 is 42.3 Å². The normalized spacial score (nSPS) is 17.8. The minimum Gasteiger partial charge on any atom is -0.481 e. The van der Waals surface area contributed by atoms with Gasteiger partial charge in [-0.25, -0.2) is 4.79 Å². The number of hydrogen-bond acceptors (Lipinski definition) is 5. The van der Waals surface area contributed by atoms with Gasteiger partial charge in [-0.15, -0.1) is 0 Å². The average Bonchev–Trinajstić information content (AvgIpc) is 2.95. The van der Waals surface area contributed by atoms with E-state index in [4.69, 9.17) is 5.11 Å². The Morgan fingerprint density at radius 3 is 1.83 bits per heavy atom. The Hall–Kier alpha value is -3.43. The molecule has 226 valence electrons. The van der Waals surface area contributed by atoms with Gasteiger partial charge in [-0.2, -0.15) is 0 Å². The Bertz CT molecular complexity index is 1060. The van der Waals surface area contributed by atoms with E-state index in [2.05, 4.69) is 10.6 Å². The third-order valence-electron chi connectivity index (χ3n) is 8.16. The Labute approximate surface area is 242 Å². The van der Waals surface area contributed by atoms with Crippen molar-refractivity contribution in [2.45, 2.75) is 121 Å². The molecule has 0 saturated heterocycles. The van der Waals surface area contributed by atoms with E-state index in [-0.39, 0.29) is 42.3 Å². The SMILES string of the molecule is CC(C)CC(NC(=O)c1ccccc1C(=O)N(C1CCCCC1)C1CCCCC1)C(=O)NC(CCC(=O)O)C(=O)O. The largest absolute Gasteiger partial charge is 0.481 e. The number of benzene rings is 1. The van der Waals surface area contributed by atoms with Crippen molar-refractivity contribution in [3.63, 3.8) is 0 Å². The van der Waals surface area contributed by atoms with Crippen LogP contribution in [0.15, 0.2) is 24.3 Å².